The van der Waals surface area contributed by atoms with Crippen LogP contribution >= 0.6 is 11.8 Å². The summed E-state index contributed by atoms with van der Waals surface area (Å²) in [5.74, 6) is 0.0432. The number of hydrogen-bond donors (Lipinski definition) is 1. The fourth-order valence-corrected chi connectivity index (χ4v) is 2.71. The molecule has 0 fully saturated rings. The number of amides is 1. The molecule has 0 aliphatic carbocycles. The smallest absolute Gasteiger partial charge is 0.416 e. The molecule has 0 aliphatic rings. The van der Waals surface area contributed by atoms with Crippen LogP contribution < -0.4 is 10.1 Å². The predicted molar refractivity (Wildman–Crippen MR) is 98.8 cm³/mol. The third-order valence-corrected chi connectivity index (χ3v) is 4.25. The quantitative estimate of drug-likeness (QED) is 0.667. The van der Waals surface area contributed by atoms with Gasteiger partial charge >= 0.3 is 6.18 Å². The summed E-state index contributed by atoms with van der Waals surface area (Å²) in [5.41, 5.74) is -0.0460. The van der Waals surface area contributed by atoms with E-state index in [0.717, 1.165) is 29.5 Å². The molecule has 1 amide bonds. The second-order valence-corrected chi connectivity index (χ2v) is 6.40. The molecular weight excluding hydrogens is 363 g/mol. The van der Waals surface area contributed by atoms with Gasteiger partial charge in [0.05, 0.1) is 17.6 Å². The molecule has 0 radical (unpaired) electrons. The Hall–Kier alpha value is -2.67. The van der Waals surface area contributed by atoms with E-state index in [1.165, 1.54) is 19.2 Å². The van der Waals surface area contributed by atoms with Crippen molar-refractivity contribution in [1.29, 1.82) is 0 Å². The molecule has 136 valence electrons. The van der Waals surface area contributed by atoms with E-state index in [1.54, 1.807) is 24.3 Å². The number of alkyl halides is 3. The largest absolute Gasteiger partial charge is 0.497 e. The average Bonchev–Trinajstić information content (AvgIpc) is 2.61. The van der Waals surface area contributed by atoms with Crippen molar-refractivity contribution in [2.45, 2.75) is 6.18 Å². The molecule has 0 aromatic heterocycles. The summed E-state index contributed by atoms with van der Waals surface area (Å²) < 4.78 is 43.3. The van der Waals surface area contributed by atoms with Crippen LogP contribution in [0.3, 0.4) is 0 Å². The minimum Gasteiger partial charge on any atom is -0.497 e. The second-order valence-electron chi connectivity index (χ2n) is 5.21. The highest BCUT2D eigenvalue weighted by Gasteiger charge is 2.30. The number of benzene rings is 2. The van der Waals surface area contributed by atoms with E-state index in [4.69, 9.17) is 4.74 Å². The van der Waals surface area contributed by atoms with Crippen LogP contribution in [0.1, 0.15) is 11.1 Å². The highest BCUT2D eigenvalue weighted by Crippen LogP contribution is 2.34. The van der Waals surface area contributed by atoms with E-state index < -0.39 is 17.6 Å². The molecule has 2 aromatic rings. The number of anilines is 1. The number of carbonyl (C=O) groups is 1. The molecule has 0 unspecified atom stereocenters. The Balaban J connectivity index is 2.03. The van der Waals surface area contributed by atoms with E-state index in [1.807, 2.05) is 0 Å². The molecule has 3 nitrogen and oxygen atoms in total. The van der Waals surface area contributed by atoms with Crippen molar-refractivity contribution in [3.63, 3.8) is 0 Å². The number of rotatable bonds is 6. The van der Waals surface area contributed by atoms with Gasteiger partial charge in [-0.05, 0) is 35.9 Å². The molecule has 1 N–H and O–H groups in total. The summed E-state index contributed by atoms with van der Waals surface area (Å²) >= 11 is 1.03. The number of nitrogens with one attached hydrogen (secondary N) is 1. The molecule has 7 heteroatoms. The Bertz CT molecular complexity index is 847. The maximum absolute atomic E-state index is 12.7. The number of thioether (sulfide) groups is 1. The molecule has 0 saturated heterocycles. The molecule has 0 atom stereocenters. The summed E-state index contributed by atoms with van der Waals surface area (Å²) in [6.45, 7) is 7.56. The summed E-state index contributed by atoms with van der Waals surface area (Å²) in [5, 5.41) is 2.41. The van der Waals surface area contributed by atoms with Gasteiger partial charge in [0.15, 0.2) is 0 Å². The fourth-order valence-electron chi connectivity index (χ4n) is 2.02. The first-order valence-corrected chi connectivity index (χ1v) is 8.21. The molecule has 0 bridgehead atoms. The highest BCUT2D eigenvalue weighted by molar-refractivity contribution is 8.12. The van der Waals surface area contributed by atoms with Gasteiger partial charge in [-0.1, -0.05) is 43.1 Å². The van der Waals surface area contributed by atoms with Crippen LogP contribution in [-0.2, 0) is 11.0 Å². The minimum atomic E-state index is -4.48. The zero-order valence-electron chi connectivity index (χ0n) is 13.9. The maximum atomic E-state index is 12.7. The lowest BCUT2D eigenvalue weighted by molar-refractivity contribution is -0.137. The zero-order valence-corrected chi connectivity index (χ0v) is 14.7. The van der Waals surface area contributed by atoms with Crippen LogP contribution in [0.15, 0.2) is 66.6 Å². The molecular formula is C19H16F3NO2S. The van der Waals surface area contributed by atoms with Gasteiger partial charge in [-0.15, -0.1) is 0 Å². The van der Waals surface area contributed by atoms with E-state index in [9.17, 15) is 18.0 Å². The summed E-state index contributed by atoms with van der Waals surface area (Å²) in [6, 6.07) is 11.5. The first-order valence-electron chi connectivity index (χ1n) is 7.39. The van der Waals surface area contributed by atoms with Crippen molar-refractivity contribution in [3.05, 3.63) is 77.7 Å². The lowest BCUT2D eigenvalue weighted by Crippen LogP contribution is -2.13. The summed E-state index contributed by atoms with van der Waals surface area (Å²) in [7, 11) is 1.54. The third-order valence-electron chi connectivity index (χ3n) is 3.34. The average molecular weight is 379 g/mol. The van der Waals surface area contributed by atoms with Crippen LogP contribution in [0.2, 0.25) is 0 Å². The van der Waals surface area contributed by atoms with E-state index in [2.05, 4.69) is 18.5 Å². The van der Waals surface area contributed by atoms with Crippen molar-refractivity contribution in [3.8, 4) is 5.75 Å². The summed E-state index contributed by atoms with van der Waals surface area (Å²) in [6.07, 6.45) is -4.48. The predicted octanol–water partition coefficient (Wildman–Crippen LogP) is 5.57. The first kappa shape index (κ1) is 19.7. The number of methoxy groups -OCH3 is 1. The van der Waals surface area contributed by atoms with Crippen LogP contribution in [0.4, 0.5) is 18.9 Å². The van der Waals surface area contributed by atoms with E-state index in [0.29, 0.717) is 10.7 Å². The first-order chi connectivity index (χ1) is 12.2. The number of ether oxygens (including phenoxy) is 1. The standard InChI is InChI=1S/C19H16F3NO2S/c1-12(14-6-4-9-17(10-14)25-3)26-13(2)18(24)23-16-8-5-7-15(11-16)19(20,21)22/h4-11H,1-2H2,3H3,(H,23,24). The number of carbonyl (C=O) groups excluding carboxylic acids is 1. The van der Waals surface area contributed by atoms with Crippen molar-refractivity contribution < 1.29 is 22.7 Å². The van der Waals surface area contributed by atoms with Crippen LogP contribution in [-0.4, -0.2) is 13.0 Å². The molecule has 0 aliphatic heterocycles. The molecule has 0 spiro atoms. The van der Waals surface area contributed by atoms with Crippen molar-refractivity contribution in [1.82, 2.24) is 0 Å². The van der Waals surface area contributed by atoms with Crippen LogP contribution in [0.25, 0.3) is 4.91 Å². The van der Waals surface area contributed by atoms with Crippen molar-refractivity contribution in [2.24, 2.45) is 0 Å². The van der Waals surface area contributed by atoms with Gasteiger partial charge in [0.2, 0.25) is 0 Å². The minimum absolute atomic E-state index is 0.0403. The van der Waals surface area contributed by atoms with Gasteiger partial charge in [-0.3, -0.25) is 4.79 Å². The topological polar surface area (TPSA) is 38.3 Å². The van der Waals surface area contributed by atoms with Gasteiger partial charge in [0.25, 0.3) is 5.91 Å². The molecule has 26 heavy (non-hydrogen) atoms. The SMILES string of the molecule is C=C(SC(=C)c1cccc(OC)c1)C(=O)Nc1cccc(C(F)(F)F)c1. The molecule has 2 aromatic carbocycles. The van der Waals surface area contributed by atoms with Crippen LogP contribution in [0, 0.1) is 0 Å². The Morgan fingerprint density at radius 2 is 1.81 bits per heavy atom. The zero-order chi connectivity index (χ0) is 19.3. The molecule has 0 saturated carbocycles. The summed E-state index contributed by atoms with van der Waals surface area (Å²) in [4.78, 5) is 12.9. The third kappa shape index (κ3) is 5.16. The van der Waals surface area contributed by atoms with Gasteiger partial charge in [-0.2, -0.15) is 13.2 Å². The van der Waals surface area contributed by atoms with Crippen molar-refractivity contribution in [2.75, 3.05) is 12.4 Å². The van der Waals surface area contributed by atoms with Gasteiger partial charge in [-0.25, -0.2) is 0 Å². The molecule has 0 heterocycles. The van der Waals surface area contributed by atoms with E-state index in [-0.39, 0.29) is 10.6 Å². The highest BCUT2D eigenvalue weighted by atomic mass is 32.2. The Morgan fingerprint density at radius 3 is 2.46 bits per heavy atom. The normalized spacial score (nSPS) is 10.9. The Labute approximate surface area is 153 Å². The number of halogens is 3. The van der Waals surface area contributed by atoms with E-state index >= 15 is 0 Å². The lowest BCUT2D eigenvalue weighted by Gasteiger charge is -2.12. The van der Waals surface area contributed by atoms with Gasteiger partial charge in [0, 0.05) is 10.6 Å². The van der Waals surface area contributed by atoms with Gasteiger partial charge < -0.3 is 10.1 Å². The second kappa shape index (κ2) is 8.14. The van der Waals surface area contributed by atoms with Crippen molar-refractivity contribution >= 4 is 28.3 Å². The monoisotopic (exact) mass is 379 g/mol. The molecule has 2 rings (SSSR count). The van der Waals surface area contributed by atoms with Gasteiger partial charge in [0.1, 0.15) is 5.75 Å². The Morgan fingerprint density at radius 1 is 1.12 bits per heavy atom. The lowest BCUT2D eigenvalue weighted by atomic mass is 10.2. The number of hydrogen-bond acceptors (Lipinski definition) is 3. The maximum Gasteiger partial charge on any atom is 0.416 e. The fraction of sp³-hybridized carbons (Fsp3) is 0.105. The van der Waals surface area contributed by atoms with Crippen LogP contribution in [0.5, 0.6) is 5.75 Å². The Kier molecular flexibility index (Phi) is 6.15.